The number of aromatic nitrogens is 3. The van der Waals surface area contributed by atoms with Gasteiger partial charge in [-0.25, -0.2) is 9.97 Å². The third kappa shape index (κ3) is 3.18. The maximum Gasteiger partial charge on any atom is 0.312 e. The van der Waals surface area contributed by atoms with E-state index in [2.05, 4.69) is 25.9 Å². The molecule has 0 aromatic carbocycles. The minimum atomic E-state index is -0.470. The molecule has 24 heavy (non-hydrogen) atoms. The Balaban J connectivity index is 1.93. The predicted molar refractivity (Wildman–Crippen MR) is 96.2 cm³/mol. The van der Waals surface area contributed by atoms with Crippen LogP contribution in [0.15, 0.2) is 17.0 Å². The van der Waals surface area contributed by atoms with Crippen molar-refractivity contribution in [3.63, 3.8) is 0 Å². The standard InChI is InChI=1S/C17H21BrClN3O2/c1-10(2)24-16(23)17(3)6-4-5-11(9-17)15-21-13(18)12-14(19)20-7-8-22(12)15/h7-8,10-11H,4-6,9H2,1-3H3. The summed E-state index contributed by atoms with van der Waals surface area (Å²) in [6, 6.07) is 0. The monoisotopic (exact) mass is 413 g/mol. The number of ether oxygens (including phenoxy) is 1. The minimum Gasteiger partial charge on any atom is -0.463 e. The van der Waals surface area contributed by atoms with Gasteiger partial charge in [-0.05, 0) is 56.0 Å². The molecular formula is C17H21BrClN3O2. The van der Waals surface area contributed by atoms with Crippen molar-refractivity contribution in [1.82, 2.24) is 14.4 Å². The first-order chi connectivity index (χ1) is 11.3. The van der Waals surface area contributed by atoms with Gasteiger partial charge in [0.25, 0.3) is 0 Å². The lowest BCUT2D eigenvalue weighted by Crippen LogP contribution is -2.36. The molecule has 130 valence electrons. The van der Waals surface area contributed by atoms with E-state index >= 15 is 0 Å². The Morgan fingerprint density at radius 3 is 3.00 bits per heavy atom. The first kappa shape index (κ1) is 17.7. The van der Waals surface area contributed by atoms with E-state index in [9.17, 15) is 4.79 Å². The van der Waals surface area contributed by atoms with Gasteiger partial charge >= 0.3 is 5.97 Å². The lowest BCUT2D eigenvalue weighted by molar-refractivity contribution is -0.161. The Labute approximate surface area is 154 Å². The number of rotatable bonds is 3. The number of imidazole rings is 1. The summed E-state index contributed by atoms with van der Waals surface area (Å²) in [6.45, 7) is 5.77. The lowest BCUT2D eigenvalue weighted by atomic mass is 9.70. The molecule has 0 amide bonds. The van der Waals surface area contributed by atoms with Gasteiger partial charge in [-0.1, -0.05) is 18.0 Å². The molecule has 1 fully saturated rings. The summed E-state index contributed by atoms with van der Waals surface area (Å²) in [5, 5.41) is 0.418. The molecule has 3 rings (SSSR count). The van der Waals surface area contributed by atoms with Gasteiger partial charge in [-0.15, -0.1) is 0 Å². The molecule has 1 saturated carbocycles. The van der Waals surface area contributed by atoms with Crippen molar-refractivity contribution in [2.75, 3.05) is 0 Å². The maximum atomic E-state index is 12.5. The summed E-state index contributed by atoms with van der Waals surface area (Å²) < 4.78 is 8.15. The van der Waals surface area contributed by atoms with Gasteiger partial charge in [0, 0.05) is 18.3 Å². The zero-order valence-electron chi connectivity index (χ0n) is 14.1. The largest absolute Gasteiger partial charge is 0.463 e. The molecule has 0 spiro atoms. The van der Waals surface area contributed by atoms with Crippen LogP contribution >= 0.6 is 27.5 Å². The summed E-state index contributed by atoms with van der Waals surface area (Å²) in [5.74, 6) is 0.993. The van der Waals surface area contributed by atoms with Crippen LogP contribution in [0.1, 0.15) is 58.2 Å². The fraction of sp³-hybridized carbons (Fsp3) is 0.588. The van der Waals surface area contributed by atoms with Crippen LogP contribution in [0.2, 0.25) is 5.15 Å². The van der Waals surface area contributed by atoms with Crippen molar-refractivity contribution in [2.45, 2.75) is 58.5 Å². The number of carbonyl (C=O) groups is 1. The Bertz CT molecular complexity index is 777. The van der Waals surface area contributed by atoms with Gasteiger partial charge in [0.1, 0.15) is 15.9 Å². The highest BCUT2D eigenvalue weighted by atomic mass is 79.9. The summed E-state index contributed by atoms with van der Waals surface area (Å²) in [6.07, 6.45) is 6.98. The van der Waals surface area contributed by atoms with Crippen molar-refractivity contribution < 1.29 is 9.53 Å². The molecular weight excluding hydrogens is 394 g/mol. The molecule has 2 aromatic heterocycles. The molecule has 0 N–H and O–H groups in total. The van der Waals surface area contributed by atoms with Gasteiger partial charge in [0.2, 0.25) is 0 Å². The Hall–Kier alpha value is -1.14. The van der Waals surface area contributed by atoms with Crippen LogP contribution in [0.25, 0.3) is 5.52 Å². The fourth-order valence-corrected chi connectivity index (χ4v) is 4.43. The van der Waals surface area contributed by atoms with Crippen LogP contribution < -0.4 is 0 Å². The van der Waals surface area contributed by atoms with E-state index in [-0.39, 0.29) is 18.0 Å². The number of esters is 1. The van der Waals surface area contributed by atoms with E-state index in [0.717, 1.165) is 37.0 Å². The Morgan fingerprint density at radius 1 is 1.54 bits per heavy atom. The van der Waals surface area contributed by atoms with E-state index in [1.54, 1.807) is 6.20 Å². The molecule has 2 aromatic rings. The van der Waals surface area contributed by atoms with Crippen molar-refractivity contribution in [1.29, 1.82) is 0 Å². The van der Waals surface area contributed by atoms with Crippen molar-refractivity contribution in [3.05, 3.63) is 28.0 Å². The number of halogens is 2. The quantitative estimate of drug-likeness (QED) is 0.679. The predicted octanol–water partition coefficient (Wildman–Crippen LogP) is 4.76. The molecule has 2 atom stereocenters. The van der Waals surface area contributed by atoms with Gasteiger partial charge in [0.05, 0.1) is 11.5 Å². The van der Waals surface area contributed by atoms with Crippen LogP contribution in [0.4, 0.5) is 0 Å². The number of hydrogen-bond donors (Lipinski definition) is 0. The molecule has 5 nitrogen and oxygen atoms in total. The summed E-state index contributed by atoms with van der Waals surface area (Å²) >= 11 is 9.68. The average Bonchev–Trinajstić information content (AvgIpc) is 2.85. The third-order valence-corrected chi connectivity index (χ3v) is 5.50. The van der Waals surface area contributed by atoms with Crippen LogP contribution in [-0.2, 0) is 9.53 Å². The molecule has 2 heterocycles. The molecule has 1 aliphatic carbocycles. The second-order valence-corrected chi connectivity index (χ2v) is 8.11. The van der Waals surface area contributed by atoms with Gasteiger partial charge in [0.15, 0.2) is 5.15 Å². The minimum absolute atomic E-state index is 0.0963. The van der Waals surface area contributed by atoms with Gasteiger partial charge < -0.3 is 4.74 Å². The van der Waals surface area contributed by atoms with Crippen LogP contribution in [0.3, 0.4) is 0 Å². The molecule has 2 unspecified atom stereocenters. The van der Waals surface area contributed by atoms with E-state index < -0.39 is 5.41 Å². The molecule has 0 radical (unpaired) electrons. The first-order valence-corrected chi connectivity index (χ1v) is 9.38. The molecule has 7 heteroatoms. The number of nitrogens with zero attached hydrogens (tertiary/aromatic N) is 3. The zero-order valence-corrected chi connectivity index (χ0v) is 16.4. The Morgan fingerprint density at radius 2 is 2.29 bits per heavy atom. The highest BCUT2D eigenvalue weighted by Gasteiger charge is 2.42. The summed E-state index contributed by atoms with van der Waals surface area (Å²) in [4.78, 5) is 21.3. The zero-order chi connectivity index (χ0) is 17.5. The van der Waals surface area contributed by atoms with Crippen LogP contribution in [0.5, 0.6) is 0 Å². The lowest BCUT2D eigenvalue weighted by Gasteiger charge is -2.36. The number of hydrogen-bond acceptors (Lipinski definition) is 4. The molecule has 0 saturated heterocycles. The van der Waals surface area contributed by atoms with Gasteiger partial charge in [-0.2, -0.15) is 0 Å². The fourth-order valence-electron chi connectivity index (χ4n) is 3.52. The van der Waals surface area contributed by atoms with E-state index in [0.29, 0.717) is 9.76 Å². The molecule has 0 bridgehead atoms. The summed E-state index contributed by atoms with van der Waals surface area (Å²) in [7, 11) is 0. The van der Waals surface area contributed by atoms with Crippen molar-refractivity contribution in [2.24, 2.45) is 5.41 Å². The molecule has 1 aliphatic rings. The van der Waals surface area contributed by atoms with Gasteiger partial charge in [-0.3, -0.25) is 9.20 Å². The third-order valence-electron chi connectivity index (χ3n) is 4.67. The molecule has 0 aliphatic heterocycles. The number of carbonyl (C=O) groups excluding carboxylic acids is 1. The highest BCUT2D eigenvalue weighted by molar-refractivity contribution is 9.10. The second kappa shape index (κ2) is 6.64. The van der Waals surface area contributed by atoms with Crippen molar-refractivity contribution in [3.8, 4) is 0 Å². The van der Waals surface area contributed by atoms with E-state index in [1.165, 1.54) is 0 Å². The smallest absolute Gasteiger partial charge is 0.312 e. The normalized spacial score (nSPS) is 24.5. The van der Waals surface area contributed by atoms with E-state index in [1.807, 2.05) is 31.4 Å². The Kier molecular flexibility index (Phi) is 4.89. The SMILES string of the molecule is CC(C)OC(=O)C1(C)CCCC(c2nc(Br)c3c(Cl)nccn23)C1. The number of fused-ring (bicyclic) bond motifs is 1. The maximum absolute atomic E-state index is 12.5. The van der Waals surface area contributed by atoms with E-state index in [4.69, 9.17) is 16.3 Å². The first-order valence-electron chi connectivity index (χ1n) is 8.21. The average molecular weight is 415 g/mol. The highest BCUT2D eigenvalue weighted by Crippen LogP contribution is 2.45. The summed E-state index contributed by atoms with van der Waals surface area (Å²) in [5.41, 5.74) is 0.300. The van der Waals surface area contributed by atoms with Crippen molar-refractivity contribution >= 4 is 39.0 Å². The van der Waals surface area contributed by atoms with Crippen LogP contribution in [-0.4, -0.2) is 26.4 Å². The second-order valence-electron chi connectivity index (χ2n) is 7.01. The topological polar surface area (TPSA) is 56.5 Å². The van der Waals surface area contributed by atoms with Crippen LogP contribution in [0, 0.1) is 5.41 Å².